The van der Waals surface area contributed by atoms with E-state index < -0.39 is 5.60 Å². The molecule has 0 aromatic carbocycles. The first-order valence-electron chi connectivity index (χ1n) is 4.66. The summed E-state index contributed by atoms with van der Waals surface area (Å²) in [7, 11) is 0. The van der Waals surface area contributed by atoms with E-state index in [4.69, 9.17) is 5.73 Å². The molecule has 0 radical (unpaired) electrons. The van der Waals surface area contributed by atoms with Crippen LogP contribution < -0.4 is 5.73 Å². The van der Waals surface area contributed by atoms with E-state index in [1.54, 1.807) is 13.8 Å². The van der Waals surface area contributed by atoms with Crippen molar-refractivity contribution in [1.29, 1.82) is 0 Å². The van der Waals surface area contributed by atoms with E-state index in [0.29, 0.717) is 0 Å². The molecule has 0 aromatic heterocycles. The standard InChI is InChI=1S/C9H18N2O2/c1-9(2,13)7-4-3-5-11(7)6-8(10)12/h7,13H,3-6H2,1-2H3,(H2,10,12). The number of primary amides is 1. The molecule has 1 saturated heterocycles. The number of hydrogen-bond donors (Lipinski definition) is 2. The van der Waals surface area contributed by atoms with Gasteiger partial charge in [0.1, 0.15) is 0 Å². The first kappa shape index (κ1) is 10.5. The summed E-state index contributed by atoms with van der Waals surface area (Å²) in [6, 6.07) is 0.0694. The number of carbonyl (C=O) groups excluding carboxylic acids is 1. The van der Waals surface area contributed by atoms with Gasteiger partial charge >= 0.3 is 0 Å². The maximum absolute atomic E-state index is 10.7. The molecule has 13 heavy (non-hydrogen) atoms. The third kappa shape index (κ3) is 2.67. The minimum atomic E-state index is -0.744. The van der Waals surface area contributed by atoms with E-state index in [9.17, 15) is 9.90 Å². The van der Waals surface area contributed by atoms with Crippen LogP contribution in [-0.2, 0) is 4.79 Å². The summed E-state index contributed by atoms with van der Waals surface area (Å²) in [5, 5.41) is 9.81. The quantitative estimate of drug-likeness (QED) is 0.636. The molecule has 0 bridgehead atoms. The lowest BCUT2D eigenvalue weighted by Gasteiger charge is -2.32. The third-order valence-electron chi connectivity index (χ3n) is 2.54. The summed E-state index contributed by atoms with van der Waals surface area (Å²) in [5.41, 5.74) is 4.37. The highest BCUT2D eigenvalue weighted by Gasteiger charge is 2.36. The average Bonchev–Trinajstić information content (AvgIpc) is 2.31. The van der Waals surface area contributed by atoms with E-state index in [1.807, 2.05) is 4.90 Å². The molecule has 4 nitrogen and oxygen atoms in total. The number of rotatable bonds is 3. The molecule has 0 saturated carbocycles. The largest absolute Gasteiger partial charge is 0.389 e. The van der Waals surface area contributed by atoms with Crippen molar-refractivity contribution in [2.45, 2.75) is 38.3 Å². The Bertz CT molecular complexity index is 198. The van der Waals surface area contributed by atoms with Gasteiger partial charge in [-0.05, 0) is 33.2 Å². The smallest absolute Gasteiger partial charge is 0.231 e. The molecule has 76 valence electrons. The van der Waals surface area contributed by atoms with Crippen LogP contribution in [0.15, 0.2) is 0 Å². The molecule has 1 fully saturated rings. The van der Waals surface area contributed by atoms with Crippen LogP contribution in [0.3, 0.4) is 0 Å². The van der Waals surface area contributed by atoms with Crippen molar-refractivity contribution in [1.82, 2.24) is 4.90 Å². The van der Waals surface area contributed by atoms with E-state index in [1.165, 1.54) is 0 Å². The summed E-state index contributed by atoms with van der Waals surface area (Å²) in [6.45, 7) is 4.67. The normalized spacial score (nSPS) is 25.0. The van der Waals surface area contributed by atoms with Crippen LogP contribution in [0.4, 0.5) is 0 Å². The number of nitrogens with zero attached hydrogens (tertiary/aromatic N) is 1. The minimum absolute atomic E-state index is 0.0694. The second kappa shape index (κ2) is 3.64. The average molecular weight is 186 g/mol. The second-order valence-corrected chi connectivity index (χ2v) is 4.25. The molecule has 1 aliphatic rings. The number of hydrogen-bond acceptors (Lipinski definition) is 3. The van der Waals surface area contributed by atoms with Crippen molar-refractivity contribution in [3.63, 3.8) is 0 Å². The van der Waals surface area contributed by atoms with Gasteiger partial charge in [0.25, 0.3) is 0 Å². The van der Waals surface area contributed by atoms with E-state index in [-0.39, 0.29) is 18.5 Å². The SMILES string of the molecule is CC(C)(O)C1CCCN1CC(N)=O. The fourth-order valence-corrected chi connectivity index (χ4v) is 2.02. The molecule has 1 unspecified atom stereocenters. The molecule has 3 N–H and O–H groups in total. The van der Waals surface area contributed by atoms with Crippen LogP contribution in [-0.4, -0.2) is 40.6 Å². The molecule has 0 spiro atoms. The number of carbonyl (C=O) groups is 1. The van der Waals surface area contributed by atoms with Gasteiger partial charge in [0.2, 0.25) is 5.91 Å². The predicted molar refractivity (Wildman–Crippen MR) is 50.1 cm³/mol. The Morgan fingerprint density at radius 2 is 2.31 bits per heavy atom. The molecule has 0 aliphatic carbocycles. The van der Waals surface area contributed by atoms with Gasteiger partial charge in [-0.15, -0.1) is 0 Å². The van der Waals surface area contributed by atoms with Crippen LogP contribution in [0.1, 0.15) is 26.7 Å². The third-order valence-corrected chi connectivity index (χ3v) is 2.54. The Morgan fingerprint density at radius 1 is 1.69 bits per heavy atom. The highest BCUT2D eigenvalue weighted by Crippen LogP contribution is 2.25. The van der Waals surface area contributed by atoms with Gasteiger partial charge in [0.15, 0.2) is 0 Å². The van der Waals surface area contributed by atoms with E-state index in [2.05, 4.69) is 0 Å². The van der Waals surface area contributed by atoms with Gasteiger partial charge in [-0.2, -0.15) is 0 Å². The van der Waals surface area contributed by atoms with Crippen molar-refractivity contribution in [3.05, 3.63) is 0 Å². The Balaban J connectivity index is 2.59. The highest BCUT2D eigenvalue weighted by atomic mass is 16.3. The number of amides is 1. The first-order valence-corrected chi connectivity index (χ1v) is 4.66. The molecule has 1 heterocycles. The zero-order valence-electron chi connectivity index (χ0n) is 8.29. The maximum Gasteiger partial charge on any atom is 0.231 e. The summed E-state index contributed by atoms with van der Waals surface area (Å²) < 4.78 is 0. The van der Waals surface area contributed by atoms with Gasteiger partial charge in [0, 0.05) is 6.04 Å². The molecule has 1 amide bonds. The first-order chi connectivity index (χ1) is 5.91. The number of aliphatic hydroxyl groups is 1. The molecule has 4 heteroatoms. The lowest BCUT2D eigenvalue weighted by molar-refractivity contribution is -0.120. The zero-order valence-corrected chi connectivity index (χ0v) is 8.29. The van der Waals surface area contributed by atoms with Crippen LogP contribution in [0.25, 0.3) is 0 Å². The predicted octanol–water partition coefficient (Wildman–Crippen LogP) is -0.293. The molecular formula is C9H18N2O2. The molecule has 1 aliphatic heterocycles. The summed E-state index contributed by atoms with van der Waals surface area (Å²) in [6.07, 6.45) is 1.97. The van der Waals surface area contributed by atoms with Gasteiger partial charge in [-0.3, -0.25) is 9.69 Å². The molecule has 0 aromatic rings. The molecule has 1 atom stereocenters. The lowest BCUT2D eigenvalue weighted by Crippen LogP contribution is -2.48. The topological polar surface area (TPSA) is 66.6 Å². The fourth-order valence-electron chi connectivity index (χ4n) is 2.02. The minimum Gasteiger partial charge on any atom is -0.389 e. The van der Waals surface area contributed by atoms with Gasteiger partial charge < -0.3 is 10.8 Å². The molecular weight excluding hydrogens is 168 g/mol. The van der Waals surface area contributed by atoms with Crippen LogP contribution in [0.2, 0.25) is 0 Å². The van der Waals surface area contributed by atoms with Crippen molar-refractivity contribution >= 4 is 5.91 Å². The summed E-state index contributed by atoms with van der Waals surface area (Å²) >= 11 is 0. The Kier molecular flexibility index (Phi) is 2.93. The zero-order chi connectivity index (χ0) is 10.1. The molecule has 1 rings (SSSR count). The van der Waals surface area contributed by atoms with E-state index in [0.717, 1.165) is 19.4 Å². The van der Waals surface area contributed by atoms with Gasteiger partial charge in [-0.1, -0.05) is 0 Å². The monoisotopic (exact) mass is 186 g/mol. The maximum atomic E-state index is 10.7. The number of nitrogens with two attached hydrogens (primary N) is 1. The Hall–Kier alpha value is -0.610. The van der Waals surface area contributed by atoms with Crippen LogP contribution >= 0.6 is 0 Å². The Morgan fingerprint density at radius 3 is 2.77 bits per heavy atom. The lowest BCUT2D eigenvalue weighted by atomic mass is 9.97. The van der Waals surface area contributed by atoms with Gasteiger partial charge in [0.05, 0.1) is 12.1 Å². The Labute approximate surface area is 78.7 Å². The van der Waals surface area contributed by atoms with Crippen molar-refractivity contribution in [2.75, 3.05) is 13.1 Å². The fraction of sp³-hybridized carbons (Fsp3) is 0.889. The van der Waals surface area contributed by atoms with Crippen LogP contribution in [0, 0.1) is 0 Å². The highest BCUT2D eigenvalue weighted by molar-refractivity contribution is 5.76. The second-order valence-electron chi connectivity index (χ2n) is 4.25. The van der Waals surface area contributed by atoms with E-state index >= 15 is 0 Å². The van der Waals surface area contributed by atoms with Crippen LogP contribution in [0.5, 0.6) is 0 Å². The van der Waals surface area contributed by atoms with Crippen molar-refractivity contribution in [3.8, 4) is 0 Å². The van der Waals surface area contributed by atoms with Crippen molar-refractivity contribution in [2.24, 2.45) is 5.73 Å². The number of likely N-dealkylation sites (tertiary alicyclic amines) is 1. The summed E-state index contributed by atoms with van der Waals surface area (Å²) in [4.78, 5) is 12.7. The summed E-state index contributed by atoms with van der Waals surface area (Å²) in [5.74, 6) is -0.323. The van der Waals surface area contributed by atoms with Gasteiger partial charge in [-0.25, -0.2) is 0 Å². The van der Waals surface area contributed by atoms with Crippen molar-refractivity contribution < 1.29 is 9.90 Å².